The van der Waals surface area contributed by atoms with E-state index in [2.05, 4.69) is 89.0 Å². The molecule has 3 aliphatic carbocycles. The number of hydrazine groups is 1. The molecular formula is C53H69N9O6. The summed E-state index contributed by atoms with van der Waals surface area (Å²) in [4.78, 5) is 61.6. The van der Waals surface area contributed by atoms with Gasteiger partial charge in [-0.3, -0.25) is 39.1 Å². The Bertz CT molecular complexity index is 2620. The highest BCUT2D eigenvalue weighted by atomic mass is 16.5. The summed E-state index contributed by atoms with van der Waals surface area (Å²) in [6, 6.07) is 9.32. The van der Waals surface area contributed by atoms with Crippen LogP contribution in [0.5, 0.6) is 0 Å². The number of nitrogens with one attached hydrogen (secondary N) is 2. The van der Waals surface area contributed by atoms with Crippen molar-refractivity contribution in [1.29, 1.82) is 0 Å². The standard InChI is InChI=1S/C53H69N9O6/c1-30-42(32-12-13-32)43(30)48(63)56-45-47(60-27-53(28-60)18-9-20-58(53)5)49-55-40(26-67-49)33-14-17-41-37(22-33)38(23-52(3,4)29-68-51(65)39-11-8-21-61(57-39)50(45)64)46(36-10-7-19-54-44(36)31(2)66-6)62(41)35-24-59(25-35)34-15-16-34/h7,10,14,17,19,22,26,30-32,34-35,39,42-43,45,47,57H,8-9,11-13,15-16,18,20-21,23-25,27-29H2,1-6H3,(H,56,63)/t30-,31+,39+,42-,43+,45+,47+/m1/s1. The fourth-order valence-corrected chi connectivity index (χ4v) is 13.1. The summed E-state index contributed by atoms with van der Waals surface area (Å²) in [6.07, 6.45) is 12.1. The van der Waals surface area contributed by atoms with Crippen molar-refractivity contribution in [3.8, 4) is 22.5 Å². The van der Waals surface area contributed by atoms with Gasteiger partial charge in [-0.2, -0.15) is 0 Å². The molecule has 2 amide bonds. The normalized spacial score (nSPS) is 30.5. The molecular weight excluding hydrogens is 859 g/mol. The third kappa shape index (κ3) is 7.69. The van der Waals surface area contributed by atoms with Crippen LogP contribution in [0.2, 0.25) is 0 Å². The number of carbonyl (C=O) groups is 3. The van der Waals surface area contributed by atoms with E-state index in [0.717, 1.165) is 97.4 Å². The summed E-state index contributed by atoms with van der Waals surface area (Å²) >= 11 is 0. The molecule has 6 bridgehead atoms. The van der Waals surface area contributed by atoms with Crippen molar-refractivity contribution < 1.29 is 28.3 Å². The van der Waals surface area contributed by atoms with Gasteiger partial charge in [-0.1, -0.05) is 26.8 Å². The van der Waals surface area contributed by atoms with Crippen molar-refractivity contribution >= 4 is 28.7 Å². The zero-order chi connectivity index (χ0) is 46.8. The number of cyclic esters (lactones) is 1. The molecule has 68 heavy (non-hydrogen) atoms. The molecule has 4 aromatic rings. The second-order valence-electron chi connectivity index (χ2n) is 22.8. The lowest BCUT2D eigenvalue weighted by Gasteiger charge is -2.55. The van der Waals surface area contributed by atoms with E-state index in [4.69, 9.17) is 23.9 Å². The molecule has 4 saturated heterocycles. The fraction of sp³-hybridized carbons (Fsp3) is 0.642. The number of amides is 2. The SMILES string of the molecule is CO[C@@H](C)c1ncccc1-c1c2c3cc(ccc3n1C1CN(C3CC3)C1)-c1coc(n1)[C@@H](N1CC3(CCCN3C)C1)[C@H](NC(=O)[C@H]1[C@H](C)[C@@H]1C1CC1)C(=O)N1CCC[C@H](N1)C(=O)OCC(C)(C)C2. The summed E-state index contributed by atoms with van der Waals surface area (Å²) in [6.45, 7) is 13.5. The first-order valence-corrected chi connectivity index (χ1v) is 25.7. The highest BCUT2D eigenvalue weighted by Gasteiger charge is 2.60. The average Bonchev–Trinajstić information content (AvgIpc) is 4.28. The second kappa shape index (κ2) is 16.7. The molecule has 3 aromatic heterocycles. The smallest absolute Gasteiger partial charge is 0.324 e. The zero-order valence-electron chi connectivity index (χ0n) is 40.7. The third-order valence-electron chi connectivity index (χ3n) is 17.5. The molecule has 7 atom stereocenters. The minimum Gasteiger partial charge on any atom is -0.464 e. The van der Waals surface area contributed by atoms with Crippen LogP contribution in [0.15, 0.2) is 47.2 Å². The molecule has 12 rings (SSSR count). The summed E-state index contributed by atoms with van der Waals surface area (Å²) in [5.74, 6) is 0.683. The molecule has 7 fully saturated rings. The van der Waals surface area contributed by atoms with Gasteiger partial charge < -0.3 is 23.8 Å². The maximum absolute atomic E-state index is 15.3. The Balaban J connectivity index is 1.01. The lowest BCUT2D eigenvalue weighted by atomic mass is 9.84. The van der Waals surface area contributed by atoms with E-state index in [1.165, 1.54) is 12.8 Å². The van der Waals surface area contributed by atoms with Crippen LogP contribution in [0.3, 0.4) is 0 Å². The molecule has 0 unspecified atom stereocenters. The molecule has 8 heterocycles. The molecule has 15 heteroatoms. The van der Waals surface area contributed by atoms with Crippen molar-refractivity contribution in [2.75, 3.05) is 60.0 Å². The van der Waals surface area contributed by atoms with Gasteiger partial charge in [0.2, 0.25) is 11.8 Å². The summed E-state index contributed by atoms with van der Waals surface area (Å²) in [7, 11) is 3.92. The number of carbonyl (C=O) groups excluding carboxylic acids is 3. The number of pyridine rings is 1. The van der Waals surface area contributed by atoms with Crippen molar-refractivity contribution in [3.63, 3.8) is 0 Å². The van der Waals surface area contributed by atoms with Crippen LogP contribution in [0, 0.1) is 29.1 Å². The minimum atomic E-state index is -1.02. The van der Waals surface area contributed by atoms with E-state index in [1.54, 1.807) is 18.4 Å². The number of fused-ring (bicyclic) bond motifs is 6. The number of oxazole rings is 1. The van der Waals surface area contributed by atoms with Crippen LogP contribution >= 0.6 is 0 Å². The minimum absolute atomic E-state index is 0.00919. The Kier molecular flexibility index (Phi) is 11.0. The van der Waals surface area contributed by atoms with Crippen molar-refractivity contribution in [3.05, 3.63) is 59.9 Å². The van der Waals surface area contributed by atoms with Crippen LogP contribution in [0.4, 0.5) is 0 Å². The Morgan fingerprint density at radius 3 is 2.56 bits per heavy atom. The van der Waals surface area contributed by atoms with Crippen molar-refractivity contribution in [2.45, 2.75) is 127 Å². The number of rotatable bonds is 9. The lowest BCUT2D eigenvalue weighted by molar-refractivity contribution is -0.157. The van der Waals surface area contributed by atoms with Crippen LogP contribution in [0.1, 0.15) is 114 Å². The summed E-state index contributed by atoms with van der Waals surface area (Å²) < 4.78 is 21.4. The van der Waals surface area contributed by atoms with Gasteiger partial charge in [0.15, 0.2) is 0 Å². The Labute approximate surface area is 399 Å². The van der Waals surface area contributed by atoms with Gasteiger partial charge in [0, 0.05) is 91.0 Å². The number of hydrogen-bond donors (Lipinski definition) is 2. The molecule has 5 aliphatic heterocycles. The van der Waals surface area contributed by atoms with Crippen molar-refractivity contribution in [1.82, 2.24) is 45.0 Å². The second-order valence-corrected chi connectivity index (χ2v) is 22.8. The highest BCUT2D eigenvalue weighted by Crippen LogP contribution is 2.59. The number of likely N-dealkylation sites (tertiary alicyclic amines) is 3. The summed E-state index contributed by atoms with van der Waals surface area (Å²) in [5.41, 5.74) is 9.70. The van der Waals surface area contributed by atoms with E-state index < -0.39 is 23.5 Å². The first-order valence-electron chi connectivity index (χ1n) is 25.7. The largest absolute Gasteiger partial charge is 0.464 e. The number of aromatic nitrogens is 3. The number of ether oxygens (including phenoxy) is 2. The quantitative estimate of drug-likeness (QED) is 0.181. The molecule has 2 N–H and O–H groups in total. The highest BCUT2D eigenvalue weighted by molar-refractivity contribution is 5.95. The van der Waals surface area contributed by atoms with E-state index in [1.807, 2.05) is 12.3 Å². The van der Waals surface area contributed by atoms with Crippen LogP contribution in [-0.2, 0) is 30.3 Å². The Morgan fingerprint density at radius 1 is 1.01 bits per heavy atom. The Hall–Kier alpha value is -4.67. The molecule has 1 spiro atoms. The molecule has 1 aromatic carbocycles. The van der Waals surface area contributed by atoms with Crippen molar-refractivity contribution in [2.24, 2.45) is 29.1 Å². The van der Waals surface area contributed by atoms with Gasteiger partial charge in [0.1, 0.15) is 30.1 Å². The van der Waals surface area contributed by atoms with E-state index >= 15 is 4.79 Å². The number of benzene rings is 1. The van der Waals surface area contributed by atoms with E-state index in [0.29, 0.717) is 55.3 Å². The number of methoxy groups -OCH3 is 1. The maximum Gasteiger partial charge on any atom is 0.324 e. The third-order valence-corrected chi connectivity index (χ3v) is 17.5. The molecule has 8 aliphatic rings. The van der Waals surface area contributed by atoms with E-state index in [-0.39, 0.29) is 53.9 Å². The van der Waals surface area contributed by atoms with Gasteiger partial charge in [-0.15, -0.1) is 0 Å². The van der Waals surface area contributed by atoms with Crippen LogP contribution < -0.4 is 10.7 Å². The zero-order valence-corrected chi connectivity index (χ0v) is 40.7. The Morgan fingerprint density at radius 2 is 1.82 bits per heavy atom. The number of likely N-dealkylation sites (N-methyl/N-ethyl adjacent to an activating group) is 1. The van der Waals surface area contributed by atoms with Gasteiger partial charge >= 0.3 is 5.97 Å². The first-order chi connectivity index (χ1) is 32.8. The van der Waals surface area contributed by atoms with Gasteiger partial charge in [-0.05, 0) is 126 Å². The van der Waals surface area contributed by atoms with Gasteiger partial charge in [0.05, 0.1) is 30.1 Å². The molecule has 3 saturated carbocycles. The first kappa shape index (κ1) is 44.5. The average molecular weight is 928 g/mol. The van der Waals surface area contributed by atoms with Gasteiger partial charge in [0.25, 0.3) is 5.91 Å². The van der Waals surface area contributed by atoms with Crippen LogP contribution in [0.25, 0.3) is 33.4 Å². The summed E-state index contributed by atoms with van der Waals surface area (Å²) in [5, 5.41) is 6.00. The predicted molar refractivity (Wildman–Crippen MR) is 256 cm³/mol. The monoisotopic (exact) mass is 928 g/mol. The van der Waals surface area contributed by atoms with Gasteiger partial charge in [-0.25, -0.2) is 10.4 Å². The maximum atomic E-state index is 15.3. The molecule has 0 radical (unpaired) electrons. The predicted octanol–water partition coefficient (Wildman–Crippen LogP) is 6.30. The molecule has 15 nitrogen and oxygen atoms in total. The van der Waals surface area contributed by atoms with E-state index in [9.17, 15) is 9.59 Å². The number of hydrogen-bond acceptors (Lipinski definition) is 12. The topological polar surface area (TPSA) is 151 Å². The number of nitrogens with zero attached hydrogens (tertiary/aromatic N) is 7. The fourth-order valence-electron chi connectivity index (χ4n) is 13.1. The van der Waals surface area contributed by atoms with Crippen LogP contribution in [-0.4, -0.2) is 136 Å². The molecule has 362 valence electrons. The lowest BCUT2D eigenvalue weighted by Crippen LogP contribution is -2.71. The number of esters is 1.